The Hall–Kier alpha value is -1.30. The van der Waals surface area contributed by atoms with Gasteiger partial charge >= 0.3 is 0 Å². The number of benzene rings is 1. The van der Waals surface area contributed by atoms with Crippen LogP contribution in [0, 0.1) is 0 Å². The SMILES string of the molecule is CCCCCC[NH2+][C@@H](CC(=O)Nc1ccc(Cl)cc1Cl)C(=O)[O-]. The van der Waals surface area contributed by atoms with Gasteiger partial charge in [-0.2, -0.15) is 0 Å². The number of rotatable bonds is 10. The van der Waals surface area contributed by atoms with Crippen LogP contribution in [-0.4, -0.2) is 24.5 Å². The summed E-state index contributed by atoms with van der Waals surface area (Å²) in [6.45, 7) is 2.77. The molecule has 0 saturated heterocycles. The Balaban J connectivity index is 2.48. The highest BCUT2D eigenvalue weighted by atomic mass is 35.5. The van der Waals surface area contributed by atoms with Crippen molar-refractivity contribution in [2.45, 2.75) is 45.1 Å². The molecule has 3 N–H and O–H groups in total. The summed E-state index contributed by atoms with van der Waals surface area (Å²) in [5.41, 5.74) is 0.404. The molecule has 1 aromatic carbocycles. The molecule has 5 nitrogen and oxygen atoms in total. The highest BCUT2D eigenvalue weighted by Crippen LogP contribution is 2.25. The fourth-order valence-corrected chi connectivity index (χ4v) is 2.60. The molecule has 0 aromatic heterocycles. The molecule has 0 radical (unpaired) electrons. The van der Waals surface area contributed by atoms with E-state index in [1.807, 2.05) is 0 Å². The fraction of sp³-hybridized carbons (Fsp3) is 0.500. The van der Waals surface area contributed by atoms with Gasteiger partial charge in [-0.1, -0.05) is 43.0 Å². The van der Waals surface area contributed by atoms with E-state index in [0.717, 1.165) is 25.7 Å². The second-order valence-electron chi connectivity index (χ2n) is 5.39. The number of anilines is 1. The van der Waals surface area contributed by atoms with E-state index in [0.29, 0.717) is 22.3 Å². The van der Waals surface area contributed by atoms with Crippen molar-refractivity contribution in [3.63, 3.8) is 0 Å². The summed E-state index contributed by atoms with van der Waals surface area (Å²) in [6.07, 6.45) is 4.05. The van der Waals surface area contributed by atoms with Crippen LogP contribution in [0.5, 0.6) is 0 Å². The second-order valence-corrected chi connectivity index (χ2v) is 6.23. The number of quaternary nitrogens is 1. The lowest BCUT2D eigenvalue weighted by Crippen LogP contribution is -2.93. The first-order valence-corrected chi connectivity index (χ1v) is 8.48. The number of amides is 1. The maximum atomic E-state index is 12.0. The van der Waals surface area contributed by atoms with Crippen molar-refractivity contribution in [1.29, 1.82) is 0 Å². The number of hydrogen-bond acceptors (Lipinski definition) is 3. The monoisotopic (exact) mass is 360 g/mol. The Morgan fingerprint density at radius 2 is 2.00 bits per heavy atom. The van der Waals surface area contributed by atoms with Gasteiger partial charge in [0, 0.05) is 5.02 Å². The van der Waals surface area contributed by atoms with Crippen molar-refractivity contribution in [2.24, 2.45) is 0 Å². The lowest BCUT2D eigenvalue weighted by molar-refractivity contribution is -0.682. The molecule has 0 aliphatic carbocycles. The van der Waals surface area contributed by atoms with Crippen LogP contribution >= 0.6 is 23.2 Å². The minimum absolute atomic E-state index is 0.172. The quantitative estimate of drug-likeness (QED) is 0.621. The van der Waals surface area contributed by atoms with E-state index in [-0.39, 0.29) is 6.42 Å². The minimum Gasteiger partial charge on any atom is -0.544 e. The maximum absolute atomic E-state index is 12.0. The van der Waals surface area contributed by atoms with E-state index < -0.39 is 17.9 Å². The van der Waals surface area contributed by atoms with Gasteiger partial charge in [-0.25, -0.2) is 0 Å². The van der Waals surface area contributed by atoms with Gasteiger partial charge in [-0.05, 0) is 31.0 Å². The highest BCUT2D eigenvalue weighted by molar-refractivity contribution is 6.36. The first kappa shape index (κ1) is 19.7. The first-order valence-electron chi connectivity index (χ1n) is 7.73. The molecule has 1 rings (SSSR count). The van der Waals surface area contributed by atoms with Crippen LogP contribution in [0.2, 0.25) is 10.0 Å². The summed E-state index contributed by atoms with van der Waals surface area (Å²) in [5, 5.41) is 16.2. The first-order chi connectivity index (χ1) is 10.9. The van der Waals surface area contributed by atoms with Crippen molar-refractivity contribution in [2.75, 3.05) is 11.9 Å². The molecule has 7 heteroatoms. The van der Waals surface area contributed by atoms with Crippen LogP contribution in [0.25, 0.3) is 0 Å². The second kappa shape index (κ2) is 10.5. The van der Waals surface area contributed by atoms with Crippen LogP contribution in [0.3, 0.4) is 0 Å². The van der Waals surface area contributed by atoms with Crippen LogP contribution in [-0.2, 0) is 9.59 Å². The number of nitrogens with one attached hydrogen (secondary N) is 1. The third-order valence-electron chi connectivity index (χ3n) is 3.42. The summed E-state index contributed by atoms with van der Waals surface area (Å²) in [4.78, 5) is 23.1. The predicted molar refractivity (Wildman–Crippen MR) is 89.4 cm³/mol. The molecule has 0 fully saturated rings. The average Bonchev–Trinajstić information content (AvgIpc) is 2.48. The van der Waals surface area contributed by atoms with Crippen LogP contribution in [0.15, 0.2) is 18.2 Å². The molecule has 0 aliphatic heterocycles. The number of hydrogen-bond donors (Lipinski definition) is 2. The molecular weight excluding hydrogens is 339 g/mol. The van der Waals surface area contributed by atoms with Gasteiger partial charge in [-0.15, -0.1) is 0 Å². The summed E-state index contributed by atoms with van der Waals surface area (Å²) < 4.78 is 0. The molecule has 0 saturated carbocycles. The molecule has 0 aliphatic rings. The third-order valence-corrected chi connectivity index (χ3v) is 3.97. The Morgan fingerprint density at radius 3 is 2.61 bits per heavy atom. The van der Waals surface area contributed by atoms with Crippen LogP contribution in [0.4, 0.5) is 5.69 Å². The molecule has 23 heavy (non-hydrogen) atoms. The van der Waals surface area contributed by atoms with Crippen LogP contribution < -0.4 is 15.7 Å². The molecule has 0 heterocycles. The van der Waals surface area contributed by atoms with Crippen molar-refractivity contribution >= 4 is 40.8 Å². The molecule has 0 unspecified atom stereocenters. The molecule has 128 valence electrons. The normalized spacial score (nSPS) is 12.0. The molecule has 0 bridgehead atoms. The number of halogens is 2. The smallest absolute Gasteiger partial charge is 0.230 e. The lowest BCUT2D eigenvalue weighted by atomic mass is 10.1. The Kier molecular flexibility index (Phi) is 8.99. The van der Waals surface area contributed by atoms with E-state index in [1.54, 1.807) is 17.4 Å². The molecular formula is C16H22Cl2N2O3. The number of carbonyl (C=O) groups excluding carboxylic acids is 2. The Labute approximate surface area is 146 Å². The highest BCUT2D eigenvalue weighted by Gasteiger charge is 2.18. The number of unbranched alkanes of at least 4 members (excludes halogenated alkanes) is 3. The zero-order valence-corrected chi connectivity index (χ0v) is 14.6. The van der Waals surface area contributed by atoms with Gasteiger partial charge in [0.2, 0.25) is 5.91 Å². The van der Waals surface area contributed by atoms with Crippen LogP contribution in [0.1, 0.15) is 39.0 Å². The van der Waals surface area contributed by atoms with Gasteiger partial charge in [0.15, 0.2) is 0 Å². The van der Waals surface area contributed by atoms with Gasteiger partial charge < -0.3 is 20.5 Å². The van der Waals surface area contributed by atoms with E-state index >= 15 is 0 Å². The summed E-state index contributed by atoms with van der Waals surface area (Å²) in [5.74, 6) is -1.66. The number of nitrogens with two attached hydrogens (primary N) is 1. The lowest BCUT2D eigenvalue weighted by Gasteiger charge is -2.16. The van der Waals surface area contributed by atoms with E-state index in [9.17, 15) is 14.7 Å². The standard InChI is InChI=1S/C16H22Cl2N2O3/c1-2-3-4-5-8-19-14(16(22)23)10-15(21)20-13-7-6-11(17)9-12(13)18/h6-7,9,14,19H,2-5,8,10H2,1H3,(H,20,21)(H,22,23)/t14-/m0/s1. The topological polar surface area (TPSA) is 85.8 Å². The molecule has 1 amide bonds. The summed E-state index contributed by atoms with van der Waals surface area (Å²) >= 11 is 11.8. The van der Waals surface area contributed by atoms with Crippen molar-refractivity contribution in [1.82, 2.24) is 0 Å². The number of carboxylic acid groups (broad SMARTS) is 1. The zero-order chi connectivity index (χ0) is 17.2. The van der Waals surface area contributed by atoms with Gasteiger partial charge in [0.05, 0.1) is 29.6 Å². The molecule has 0 spiro atoms. The number of aliphatic carboxylic acids is 1. The van der Waals surface area contributed by atoms with E-state index in [4.69, 9.17) is 23.2 Å². The zero-order valence-electron chi connectivity index (χ0n) is 13.1. The molecule has 1 atom stereocenters. The van der Waals surface area contributed by atoms with Gasteiger partial charge in [0.1, 0.15) is 6.04 Å². The van der Waals surface area contributed by atoms with E-state index in [1.165, 1.54) is 6.07 Å². The predicted octanol–water partition coefficient (Wildman–Crippen LogP) is 1.58. The fourth-order valence-electron chi connectivity index (χ4n) is 2.14. The van der Waals surface area contributed by atoms with Crippen molar-refractivity contribution < 1.29 is 20.0 Å². The van der Waals surface area contributed by atoms with E-state index in [2.05, 4.69) is 12.2 Å². The summed E-state index contributed by atoms with van der Waals surface area (Å²) in [7, 11) is 0. The number of carboxylic acids is 1. The van der Waals surface area contributed by atoms with Crippen molar-refractivity contribution in [3.8, 4) is 0 Å². The van der Waals surface area contributed by atoms with Gasteiger partial charge in [0.25, 0.3) is 0 Å². The Bertz CT molecular complexity index is 538. The maximum Gasteiger partial charge on any atom is 0.230 e. The van der Waals surface area contributed by atoms with Crippen molar-refractivity contribution in [3.05, 3.63) is 28.2 Å². The summed E-state index contributed by atoms with van der Waals surface area (Å²) in [6, 6.07) is 3.78. The van der Waals surface area contributed by atoms with Gasteiger partial charge in [-0.3, -0.25) is 4.79 Å². The number of carbonyl (C=O) groups is 2. The third kappa shape index (κ3) is 7.68. The average molecular weight is 361 g/mol. The minimum atomic E-state index is -1.24. The largest absolute Gasteiger partial charge is 0.544 e. The molecule has 1 aromatic rings. The Morgan fingerprint density at radius 1 is 1.26 bits per heavy atom.